The molecule has 2 aromatic rings. The third kappa shape index (κ3) is 3.36. The van der Waals surface area contributed by atoms with Crippen LogP contribution in [-0.2, 0) is 10.0 Å². The summed E-state index contributed by atoms with van der Waals surface area (Å²) in [5.41, 5.74) is -0.261. The zero-order valence-electron chi connectivity index (χ0n) is 10.6. The number of amides is 1. The Balaban J connectivity index is 2.24. The molecule has 0 bridgehead atoms. The molecule has 0 unspecified atom stereocenters. The van der Waals surface area contributed by atoms with Gasteiger partial charge >= 0.3 is 0 Å². The molecule has 2 aromatic carbocycles. The number of benzene rings is 2. The molecule has 2 rings (SSSR count). The maximum absolute atomic E-state index is 13.5. The Hall–Kier alpha value is -2.45. The average Bonchev–Trinajstić information content (AvgIpc) is 2.38. The third-order valence-electron chi connectivity index (χ3n) is 2.66. The van der Waals surface area contributed by atoms with E-state index in [2.05, 4.69) is 5.32 Å². The van der Waals surface area contributed by atoms with Gasteiger partial charge in [-0.15, -0.1) is 0 Å². The Morgan fingerprint density at radius 1 is 1.14 bits per heavy atom. The van der Waals surface area contributed by atoms with Crippen LogP contribution in [0.5, 0.6) is 5.75 Å². The van der Waals surface area contributed by atoms with Gasteiger partial charge in [-0.1, -0.05) is 6.07 Å². The summed E-state index contributed by atoms with van der Waals surface area (Å²) >= 11 is 0. The van der Waals surface area contributed by atoms with E-state index in [0.29, 0.717) is 0 Å². The molecule has 1 amide bonds. The van der Waals surface area contributed by atoms with Crippen molar-refractivity contribution < 1.29 is 22.7 Å². The van der Waals surface area contributed by atoms with Gasteiger partial charge in [-0.3, -0.25) is 4.79 Å². The second kappa shape index (κ2) is 5.51. The zero-order valence-corrected chi connectivity index (χ0v) is 11.4. The molecule has 0 saturated heterocycles. The molecule has 8 heteroatoms. The fourth-order valence-electron chi connectivity index (χ4n) is 1.66. The van der Waals surface area contributed by atoms with Gasteiger partial charge in [0.1, 0.15) is 17.1 Å². The van der Waals surface area contributed by atoms with Gasteiger partial charge in [-0.05, 0) is 36.4 Å². The van der Waals surface area contributed by atoms with Crippen molar-refractivity contribution in [3.63, 3.8) is 0 Å². The van der Waals surface area contributed by atoms with E-state index >= 15 is 0 Å². The van der Waals surface area contributed by atoms with Gasteiger partial charge in [0.25, 0.3) is 5.91 Å². The first-order valence-electron chi connectivity index (χ1n) is 5.71. The van der Waals surface area contributed by atoms with E-state index in [9.17, 15) is 22.7 Å². The number of phenols is 1. The molecule has 0 spiro atoms. The normalized spacial score (nSPS) is 11.1. The number of halogens is 1. The molecule has 6 nitrogen and oxygen atoms in total. The minimum atomic E-state index is -3.83. The van der Waals surface area contributed by atoms with Crippen molar-refractivity contribution in [2.24, 2.45) is 5.14 Å². The Labute approximate surface area is 120 Å². The minimum Gasteiger partial charge on any atom is -0.507 e. The van der Waals surface area contributed by atoms with Crippen molar-refractivity contribution in [1.82, 2.24) is 0 Å². The van der Waals surface area contributed by atoms with Crippen molar-refractivity contribution in [2.75, 3.05) is 5.32 Å². The number of nitrogens with one attached hydrogen (secondary N) is 1. The molecule has 110 valence electrons. The number of nitrogens with two attached hydrogens (primary N) is 1. The molecule has 21 heavy (non-hydrogen) atoms. The van der Waals surface area contributed by atoms with Gasteiger partial charge in [-0.25, -0.2) is 17.9 Å². The van der Waals surface area contributed by atoms with Crippen LogP contribution in [0.2, 0.25) is 0 Å². The van der Waals surface area contributed by atoms with Gasteiger partial charge in [0.05, 0.1) is 4.90 Å². The smallest absolute Gasteiger partial charge is 0.262 e. The number of phenolic OH excluding ortho intramolecular Hbond substituents is 1. The van der Waals surface area contributed by atoms with E-state index in [-0.39, 0.29) is 10.6 Å². The Bertz CT molecular complexity index is 768. The summed E-state index contributed by atoms with van der Waals surface area (Å²) in [6, 6.07) is 8.49. The topological polar surface area (TPSA) is 109 Å². The number of hydrogen-bond donors (Lipinski definition) is 3. The van der Waals surface area contributed by atoms with Gasteiger partial charge in [0.2, 0.25) is 10.0 Å². The van der Waals surface area contributed by atoms with Gasteiger partial charge in [0.15, 0.2) is 0 Å². The predicted molar refractivity (Wildman–Crippen MR) is 73.8 cm³/mol. The average molecular weight is 310 g/mol. The molecule has 0 fully saturated rings. The molecule has 0 aliphatic heterocycles. The second-order valence-corrected chi connectivity index (χ2v) is 5.72. The van der Waals surface area contributed by atoms with E-state index in [0.717, 1.165) is 6.07 Å². The molecule has 0 aliphatic rings. The lowest BCUT2D eigenvalue weighted by Crippen LogP contribution is -2.15. The van der Waals surface area contributed by atoms with Crippen LogP contribution in [0, 0.1) is 5.82 Å². The van der Waals surface area contributed by atoms with Crippen LogP contribution in [0.4, 0.5) is 10.1 Å². The predicted octanol–water partition coefficient (Wildman–Crippen LogP) is 1.43. The zero-order chi connectivity index (χ0) is 15.6. The van der Waals surface area contributed by atoms with Gasteiger partial charge in [0, 0.05) is 5.69 Å². The highest BCUT2D eigenvalue weighted by atomic mass is 32.2. The second-order valence-electron chi connectivity index (χ2n) is 4.16. The molecule has 0 radical (unpaired) electrons. The van der Waals surface area contributed by atoms with E-state index in [4.69, 9.17) is 5.14 Å². The molecule has 0 aromatic heterocycles. The van der Waals surface area contributed by atoms with Crippen molar-refractivity contribution in [1.29, 1.82) is 0 Å². The Morgan fingerprint density at radius 3 is 2.29 bits per heavy atom. The summed E-state index contributed by atoms with van der Waals surface area (Å²) in [6.07, 6.45) is 0. The van der Waals surface area contributed by atoms with Crippen molar-refractivity contribution in [3.05, 3.63) is 53.8 Å². The number of primary sulfonamides is 1. The fraction of sp³-hybridized carbons (Fsp3) is 0. The molecule has 0 saturated carbocycles. The number of aromatic hydroxyl groups is 1. The van der Waals surface area contributed by atoms with Crippen molar-refractivity contribution in [3.8, 4) is 5.75 Å². The highest BCUT2D eigenvalue weighted by Gasteiger charge is 2.16. The van der Waals surface area contributed by atoms with E-state index in [1.165, 1.54) is 36.4 Å². The number of rotatable bonds is 3. The molecular formula is C13H11FN2O4S. The van der Waals surface area contributed by atoms with E-state index in [1.807, 2.05) is 0 Å². The SMILES string of the molecule is NS(=O)(=O)c1ccc(NC(=O)c2c(O)cccc2F)cc1. The summed E-state index contributed by atoms with van der Waals surface area (Å²) in [7, 11) is -3.83. The quantitative estimate of drug-likeness (QED) is 0.796. The van der Waals surface area contributed by atoms with Crippen LogP contribution in [0.15, 0.2) is 47.4 Å². The summed E-state index contributed by atoms with van der Waals surface area (Å²) in [5.74, 6) is -2.21. The molecular weight excluding hydrogens is 299 g/mol. The summed E-state index contributed by atoms with van der Waals surface area (Å²) in [4.78, 5) is 11.8. The molecule has 0 atom stereocenters. The van der Waals surface area contributed by atoms with Crippen molar-refractivity contribution >= 4 is 21.6 Å². The van der Waals surface area contributed by atoms with Crippen LogP contribution in [0.3, 0.4) is 0 Å². The van der Waals surface area contributed by atoms with Crippen molar-refractivity contribution in [2.45, 2.75) is 4.90 Å². The summed E-state index contributed by atoms with van der Waals surface area (Å²) < 4.78 is 35.7. The number of anilines is 1. The van der Waals surface area contributed by atoms with Gasteiger partial charge in [-0.2, -0.15) is 0 Å². The molecule has 4 N–H and O–H groups in total. The van der Waals surface area contributed by atoms with Gasteiger partial charge < -0.3 is 10.4 Å². The number of carbonyl (C=O) groups excluding carboxylic acids is 1. The fourth-order valence-corrected chi connectivity index (χ4v) is 2.17. The number of carbonyl (C=O) groups is 1. The largest absolute Gasteiger partial charge is 0.507 e. The molecule has 0 aliphatic carbocycles. The lowest BCUT2D eigenvalue weighted by Gasteiger charge is -2.08. The maximum Gasteiger partial charge on any atom is 0.262 e. The number of hydrogen-bond acceptors (Lipinski definition) is 4. The highest BCUT2D eigenvalue weighted by Crippen LogP contribution is 2.21. The van der Waals surface area contributed by atoms with Crippen LogP contribution in [-0.4, -0.2) is 19.4 Å². The first kappa shape index (κ1) is 14.9. The van der Waals surface area contributed by atoms with Crippen LogP contribution >= 0.6 is 0 Å². The monoisotopic (exact) mass is 310 g/mol. The van der Waals surface area contributed by atoms with Crippen LogP contribution in [0.25, 0.3) is 0 Å². The summed E-state index contributed by atoms with van der Waals surface area (Å²) in [6.45, 7) is 0. The maximum atomic E-state index is 13.5. The van der Waals surface area contributed by atoms with Crippen LogP contribution < -0.4 is 10.5 Å². The van der Waals surface area contributed by atoms with E-state index in [1.54, 1.807) is 0 Å². The van der Waals surface area contributed by atoms with E-state index < -0.39 is 33.1 Å². The highest BCUT2D eigenvalue weighted by molar-refractivity contribution is 7.89. The Morgan fingerprint density at radius 2 is 1.76 bits per heavy atom. The summed E-state index contributed by atoms with van der Waals surface area (Å²) in [5, 5.41) is 16.8. The first-order valence-corrected chi connectivity index (χ1v) is 7.25. The first-order chi connectivity index (χ1) is 9.79. The number of sulfonamides is 1. The lowest BCUT2D eigenvalue weighted by molar-refractivity contribution is 0.102. The van der Waals surface area contributed by atoms with Crippen LogP contribution in [0.1, 0.15) is 10.4 Å². The standard InChI is InChI=1S/C13H11FN2O4S/c14-10-2-1-3-11(17)12(10)13(18)16-8-4-6-9(7-5-8)21(15,19)20/h1-7,17H,(H,16,18)(H2,15,19,20). The molecule has 0 heterocycles. The minimum absolute atomic E-state index is 0.116. The third-order valence-corrected chi connectivity index (χ3v) is 3.59. The Kier molecular flexibility index (Phi) is 3.92. The lowest BCUT2D eigenvalue weighted by atomic mass is 10.1.